The smallest absolute Gasteiger partial charge is 0.243 e. The monoisotopic (exact) mass is 403 g/mol. The number of anilines is 3. The molecular formula is C24H25N3O3. The number of amides is 2. The Morgan fingerprint density at radius 3 is 2.27 bits per heavy atom. The number of ether oxygens (including phenoxy) is 1. The molecule has 3 rings (SSSR count). The number of carbonyl (C=O) groups excluding carboxylic acids is 2. The number of hydrogen-bond donors (Lipinski definition) is 3. The molecule has 3 aromatic carbocycles. The molecule has 3 aromatic rings. The van der Waals surface area contributed by atoms with E-state index in [4.69, 9.17) is 4.74 Å². The minimum atomic E-state index is -0.189. The maximum absolute atomic E-state index is 12.2. The fourth-order valence-corrected chi connectivity index (χ4v) is 2.89. The summed E-state index contributed by atoms with van der Waals surface area (Å²) < 4.78 is 5.82. The highest BCUT2D eigenvalue weighted by molar-refractivity contribution is 5.95. The highest BCUT2D eigenvalue weighted by Gasteiger charge is 2.05. The topological polar surface area (TPSA) is 79.5 Å². The van der Waals surface area contributed by atoms with Crippen LogP contribution < -0.4 is 20.7 Å². The van der Waals surface area contributed by atoms with Crippen LogP contribution in [-0.2, 0) is 16.0 Å². The average Bonchev–Trinajstić information content (AvgIpc) is 2.73. The summed E-state index contributed by atoms with van der Waals surface area (Å²) in [6.45, 7) is 2.13. The summed E-state index contributed by atoms with van der Waals surface area (Å²) in [5, 5.41) is 8.60. The molecule has 0 saturated carbocycles. The number of hydrogen-bond acceptors (Lipinski definition) is 4. The van der Waals surface area contributed by atoms with Crippen molar-refractivity contribution in [1.82, 2.24) is 0 Å². The first kappa shape index (κ1) is 20.9. The second-order valence-electron chi connectivity index (χ2n) is 6.78. The summed E-state index contributed by atoms with van der Waals surface area (Å²) >= 11 is 0. The molecule has 6 nitrogen and oxygen atoms in total. The number of carbonyl (C=O) groups is 2. The molecule has 6 heteroatoms. The third-order valence-electron chi connectivity index (χ3n) is 4.26. The van der Waals surface area contributed by atoms with Gasteiger partial charge >= 0.3 is 0 Å². The normalized spacial score (nSPS) is 10.2. The molecule has 0 bridgehead atoms. The average molecular weight is 403 g/mol. The number of rotatable bonds is 9. The standard InChI is InChI=1S/C24H25N3O3/c1-18(28)26-21-10-5-11-22(15-21)27-24(29)17-25-20-9-6-12-23(16-20)30-14-13-19-7-3-2-4-8-19/h2-12,15-16,25H,13-14,17H2,1H3,(H,26,28)(H,27,29). The van der Waals surface area contributed by atoms with Crippen LogP contribution in [0.1, 0.15) is 12.5 Å². The summed E-state index contributed by atoms with van der Waals surface area (Å²) in [5.41, 5.74) is 3.28. The molecular weight excluding hydrogens is 378 g/mol. The fourth-order valence-electron chi connectivity index (χ4n) is 2.89. The summed E-state index contributed by atoms with van der Waals surface area (Å²) in [6.07, 6.45) is 0.832. The molecule has 0 saturated heterocycles. The second kappa shape index (κ2) is 10.7. The zero-order chi connectivity index (χ0) is 21.2. The lowest BCUT2D eigenvalue weighted by molar-refractivity contribution is -0.115. The van der Waals surface area contributed by atoms with E-state index in [9.17, 15) is 9.59 Å². The SMILES string of the molecule is CC(=O)Nc1cccc(NC(=O)CNc2cccc(OCCc3ccccc3)c2)c1. The van der Waals surface area contributed by atoms with Gasteiger partial charge in [-0.2, -0.15) is 0 Å². The predicted molar refractivity (Wildman–Crippen MR) is 120 cm³/mol. The molecule has 0 spiro atoms. The molecule has 0 unspecified atom stereocenters. The van der Waals surface area contributed by atoms with Crippen molar-refractivity contribution in [2.24, 2.45) is 0 Å². The van der Waals surface area contributed by atoms with Crippen LogP contribution in [0, 0.1) is 0 Å². The number of nitrogens with one attached hydrogen (secondary N) is 3. The molecule has 0 atom stereocenters. The molecule has 0 aliphatic heterocycles. The summed E-state index contributed by atoms with van der Waals surface area (Å²) in [4.78, 5) is 23.4. The van der Waals surface area contributed by atoms with E-state index in [1.807, 2.05) is 42.5 Å². The lowest BCUT2D eigenvalue weighted by Crippen LogP contribution is -2.21. The Balaban J connectivity index is 1.46. The van der Waals surface area contributed by atoms with Gasteiger partial charge < -0.3 is 20.7 Å². The van der Waals surface area contributed by atoms with E-state index < -0.39 is 0 Å². The zero-order valence-electron chi connectivity index (χ0n) is 16.9. The van der Waals surface area contributed by atoms with E-state index in [1.54, 1.807) is 24.3 Å². The van der Waals surface area contributed by atoms with E-state index in [2.05, 4.69) is 28.1 Å². The molecule has 2 amide bonds. The van der Waals surface area contributed by atoms with Crippen LogP contribution in [0.5, 0.6) is 5.75 Å². The van der Waals surface area contributed by atoms with Crippen LogP contribution >= 0.6 is 0 Å². The molecule has 0 radical (unpaired) electrons. The van der Waals surface area contributed by atoms with Gasteiger partial charge in [-0.05, 0) is 35.9 Å². The van der Waals surface area contributed by atoms with E-state index >= 15 is 0 Å². The van der Waals surface area contributed by atoms with Gasteiger partial charge in [0.2, 0.25) is 11.8 Å². The predicted octanol–water partition coefficient (Wildman–Crippen LogP) is 4.32. The maximum atomic E-state index is 12.2. The van der Waals surface area contributed by atoms with Crippen LogP contribution in [0.15, 0.2) is 78.9 Å². The van der Waals surface area contributed by atoms with Crippen LogP contribution in [0.25, 0.3) is 0 Å². The first-order valence-electron chi connectivity index (χ1n) is 9.77. The van der Waals surface area contributed by atoms with E-state index in [1.165, 1.54) is 12.5 Å². The van der Waals surface area contributed by atoms with Crippen molar-refractivity contribution in [1.29, 1.82) is 0 Å². The highest BCUT2D eigenvalue weighted by Crippen LogP contribution is 2.18. The van der Waals surface area contributed by atoms with Gasteiger partial charge in [0, 0.05) is 36.5 Å². The lowest BCUT2D eigenvalue weighted by Gasteiger charge is -2.11. The molecule has 0 aromatic heterocycles. The van der Waals surface area contributed by atoms with Crippen molar-refractivity contribution >= 4 is 28.9 Å². The van der Waals surface area contributed by atoms with Crippen LogP contribution in [0.2, 0.25) is 0 Å². The van der Waals surface area contributed by atoms with Crippen molar-refractivity contribution in [3.63, 3.8) is 0 Å². The second-order valence-corrected chi connectivity index (χ2v) is 6.78. The van der Waals surface area contributed by atoms with E-state index in [0.717, 1.165) is 17.9 Å². The highest BCUT2D eigenvalue weighted by atomic mass is 16.5. The molecule has 154 valence electrons. The number of benzene rings is 3. The Bertz CT molecular complexity index is 990. The van der Waals surface area contributed by atoms with E-state index in [-0.39, 0.29) is 18.4 Å². The van der Waals surface area contributed by atoms with Crippen molar-refractivity contribution in [3.05, 3.63) is 84.4 Å². The summed E-state index contributed by atoms with van der Waals surface area (Å²) in [5.74, 6) is 0.399. The zero-order valence-corrected chi connectivity index (χ0v) is 16.9. The minimum Gasteiger partial charge on any atom is -0.493 e. The fraction of sp³-hybridized carbons (Fsp3) is 0.167. The third kappa shape index (κ3) is 6.98. The van der Waals surface area contributed by atoms with Crippen LogP contribution in [-0.4, -0.2) is 25.0 Å². The van der Waals surface area contributed by atoms with Crippen molar-refractivity contribution < 1.29 is 14.3 Å². The van der Waals surface area contributed by atoms with Crippen molar-refractivity contribution in [2.45, 2.75) is 13.3 Å². The first-order chi connectivity index (χ1) is 14.6. The minimum absolute atomic E-state index is 0.109. The van der Waals surface area contributed by atoms with Gasteiger partial charge in [-0.1, -0.05) is 42.5 Å². The van der Waals surface area contributed by atoms with Gasteiger partial charge in [-0.15, -0.1) is 0 Å². The molecule has 0 aliphatic rings. The first-order valence-corrected chi connectivity index (χ1v) is 9.77. The summed E-state index contributed by atoms with van der Waals surface area (Å²) in [6, 6.07) is 24.7. The third-order valence-corrected chi connectivity index (χ3v) is 4.26. The Kier molecular flexibility index (Phi) is 7.44. The Hall–Kier alpha value is -3.80. The Morgan fingerprint density at radius 2 is 1.50 bits per heavy atom. The van der Waals surface area contributed by atoms with Crippen LogP contribution in [0.3, 0.4) is 0 Å². The maximum Gasteiger partial charge on any atom is 0.243 e. The summed E-state index contributed by atoms with van der Waals surface area (Å²) in [7, 11) is 0. The molecule has 30 heavy (non-hydrogen) atoms. The van der Waals surface area contributed by atoms with Gasteiger partial charge in [-0.25, -0.2) is 0 Å². The van der Waals surface area contributed by atoms with Gasteiger partial charge in [-0.3, -0.25) is 9.59 Å². The van der Waals surface area contributed by atoms with Gasteiger partial charge in [0.05, 0.1) is 13.2 Å². The van der Waals surface area contributed by atoms with E-state index in [0.29, 0.717) is 18.0 Å². The van der Waals surface area contributed by atoms with Crippen molar-refractivity contribution in [3.8, 4) is 5.75 Å². The Labute approximate surface area is 176 Å². The van der Waals surface area contributed by atoms with Gasteiger partial charge in [0.15, 0.2) is 0 Å². The van der Waals surface area contributed by atoms with Crippen molar-refractivity contribution in [2.75, 3.05) is 29.1 Å². The molecule has 3 N–H and O–H groups in total. The lowest BCUT2D eigenvalue weighted by atomic mass is 10.2. The molecule has 0 fully saturated rings. The molecule has 0 aliphatic carbocycles. The largest absolute Gasteiger partial charge is 0.493 e. The van der Waals surface area contributed by atoms with Crippen LogP contribution in [0.4, 0.5) is 17.1 Å². The van der Waals surface area contributed by atoms with Gasteiger partial charge in [0.25, 0.3) is 0 Å². The Morgan fingerprint density at radius 1 is 0.800 bits per heavy atom. The quantitative estimate of drug-likeness (QED) is 0.497. The van der Waals surface area contributed by atoms with Gasteiger partial charge in [0.1, 0.15) is 5.75 Å². The molecule has 0 heterocycles.